The molecule has 0 bridgehead atoms. The number of anilines is 1. The first-order chi connectivity index (χ1) is 11.9. The SMILES string of the molecule is COC(=O)c1cc2oc(C)cc2n1CC(=O)Nc1ccc(C)cc1Cl. The van der Waals surface area contributed by atoms with Gasteiger partial charge in [-0.25, -0.2) is 4.79 Å². The molecule has 0 saturated carbocycles. The Morgan fingerprint density at radius 1 is 1.24 bits per heavy atom. The monoisotopic (exact) mass is 360 g/mol. The van der Waals surface area contributed by atoms with Gasteiger partial charge in [-0.2, -0.15) is 0 Å². The normalized spacial score (nSPS) is 10.9. The van der Waals surface area contributed by atoms with Crippen LogP contribution in [-0.4, -0.2) is 23.6 Å². The summed E-state index contributed by atoms with van der Waals surface area (Å²) in [4.78, 5) is 24.4. The van der Waals surface area contributed by atoms with E-state index >= 15 is 0 Å². The van der Waals surface area contributed by atoms with Crippen LogP contribution in [0, 0.1) is 13.8 Å². The zero-order valence-electron chi connectivity index (χ0n) is 14.1. The number of amides is 1. The molecule has 0 aliphatic rings. The van der Waals surface area contributed by atoms with Gasteiger partial charge < -0.3 is 19.0 Å². The van der Waals surface area contributed by atoms with Gasteiger partial charge in [0.1, 0.15) is 18.0 Å². The smallest absolute Gasteiger partial charge is 0.354 e. The highest BCUT2D eigenvalue weighted by Gasteiger charge is 2.21. The van der Waals surface area contributed by atoms with Crippen LogP contribution in [0.5, 0.6) is 0 Å². The summed E-state index contributed by atoms with van der Waals surface area (Å²) in [7, 11) is 1.29. The van der Waals surface area contributed by atoms with Crippen LogP contribution in [0.3, 0.4) is 0 Å². The molecule has 1 aromatic carbocycles. The average molecular weight is 361 g/mol. The van der Waals surface area contributed by atoms with Crippen molar-refractivity contribution >= 4 is 40.3 Å². The van der Waals surface area contributed by atoms with E-state index in [1.165, 1.54) is 7.11 Å². The third-order valence-corrected chi connectivity index (χ3v) is 4.12. The van der Waals surface area contributed by atoms with Crippen molar-refractivity contribution in [3.05, 3.63) is 52.4 Å². The number of halogens is 1. The molecule has 1 amide bonds. The number of methoxy groups -OCH3 is 1. The summed E-state index contributed by atoms with van der Waals surface area (Å²) in [5, 5.41) is 3.21. The largest absolute Gasteiger partial charge is 0.464 e. The maximum atomic E-state index is 12.5. The van der Waals surface area contributed by atoms with Gasteiger partial charge >= 0.3 is 5.97 Å². The van der Waals surface area contributed by atoms with Gasteiger partial charge in [0.25, 0.3) is 0 Å². The van der Waals surface area contributed by atoms with E-state index < -0.39 is 5.97 Å². The molecule has 3 rings (SSSR count). The number of esters is 1. The lowest BCUT2D eigenvalue weighted by Crippen LogP contribution is -2.21. The number of aryl methyl sites for hydroxylation is 2. The van der Waals surface area contributed by atoms with Crippen molar-refractivity contribution < 1.29 is 18.7 Å². The number of hydrogen-bond donors (Lipinski definition) is 1. The van der Waals surface area contributed by atoms with Gasteiger partial charge in [0, 0.05) is 12.1 Å². The maximum Gasteiger partial charge on any atom is 0.354 e. The Kier molecular flexibility index (Phi) is 4.55. The molecule has 0 aliphatic heterocycles. The van der Waals surface area contributed by atoms with Gasteiger partial charge in [0.05, 0.1) is 23.3 Å². The highest BCUT2D eigenvalue weighted by molar-refractivity contribution is 6.33. The molecule has 3 aromatic rings. The minimum absolute atomic E-state index is 0.0723. The van der Waals surface area contributed by atoms with Crippen molar-refractivity contribution in [3.63, 3.8) is 0 Å². The van der Waals surface area contributed by atoms with Crippen LogP contribution in [0.15, 0.2) is 34.7 Å². The number of nitrogens with zero attached hydrogens (tertiary/aromatic N) is 1. The van der Waals surface area contributed by atoms with E-state index in [0.29, 0.717) is 27.6 Å². The van der Waals surface area contributed by atoms with Gasteiger partial charge in [-0.3, -0.25) is 4.79 Å². The minimum atomic E-state index is -0.537. The van der Waals surface area contributed by atoms with Gasteiger partial charge in [-0.1, -0.05) is 17.7 Å². The highest BCUT2D eigenvalue weighted by atomic mass is 35.5. The first-order valence-corrected chi connectivity index (χ1v) is 8.01. The van der Waals surface area contributed by atoms with E-state index in [2.05, 4.69) is 5.32 Å². The second-order valence-corrected chi connectivity index (χ2v) is 6.15. The summed E-state index contributed by atoms with van der Waals surface area (Å²) < 4.78 is 11.9. The second kappa shape index (κ2) is 6.64. The van der Waals surface area contributed by atoms with E-state index in [1.807, 2.05) is 13.0 Å². The van der Waals surface area contributed by atoms with E-state index in [1.54, 1.807) is 35.8 Å². The predicted octanol–water partition coefficient (Wildman–Crippen LogP) is 3.93. The molecule has 0 spiro atoms. The number of furan rings is 1. The molecule has 2 heterocycles. The number of benzene rings is 1. The second-order valence-electron chi connectivity index (χ2n) is 5.75. The van der Waals surface area contributed by atoms with Crippen LogP contribution in [0.1, 0.15) is 21.8 Å². The summed E-state index contributed by atoms with van der Waals surface area (Å²) in [6, 6.07) is 8.71. The molecule has 2 aromatic heterocycles. The lowest BCUT2D eigenvalue weighted by molar-refractivity contribution is -0.116. The zero-order valence-corrected chi connectivity index (χ0v) is 14.8. The summed E-state index contributed by atoms with van der Waals surface area (Å²) in [6.45, 7) is 3.64. The van der Waals surface area contributed by atoms with Crippen LogP contribution in [0.2, 0.25) is 5.02 Å². The standard InChI is InChI=1S/C18H17ClN2O4/c1-10-4-5-13(12(19)6-10)20-17(22)9-21-14-7-11(2)25-16(14)8-15(21)18(23)24-3/h4-8H,9H2,1-3H3,(H,20,22). The van der Waals surface area contributed by atoms with Gasteiger partial charge in [-0.15, -0.1) is 0 Å². The summed E-state index contributed by atoms with van der Waals surface area (Å²) in [6.07, 6.45) is 0. The average Bonchev–Trinajstić information content (AvgIpc) is 3.07. The summed E-state index contributed by atoms with van der Waals surface area (Å²) in [5.41, 5.74) is 2.95. The summed E-state index contributed by atoms with van der Waals surface area (Å²) >= 11 is 6.15. The number of nitrogens with one attached hydrogen (secondary N) is 1. The molecular weight excluding hydrogens is 344 g/mol. The fraction of sp³-hybridized carbons (Fsp3) is 0.222. The Labute approximate surface area is 149 Å². The Hall–Kier alpha value is -2.73. The van der Waals surface area contributed by atoms with Gasteiger partial charge in [-0.05, 0) is 31.5 Å². The molecule has 130 valence electrons. The number of hydrogen-bond acceptors (Lipinski definition) is 4. The Balaban J connectivity index is 1.90. The van der Waals surface area contributed by atoms with Crippen LogP contribution in [-0.2, 0) is 16.1 Å². The van der Waals surface area contributed by atoms with Crippen molar-refractivity contribution in [1.82, 2.24) is 4.57 Å². The van der Waals surface area contributed by atoms with Crippen LogP contribution in [0.4, 0.5) is 5.69 Å². The fourth-order valence-electron chi connectivity index (χ4n) is 2.66. The molecule has 1 N–H and O–H groups in total. The van der Waals surface area contributed by atoms with E-state index in [9.17, 15) is 9.59 Å². The Morgan fingerprint density at radius 2 is 2.00 bits per heavy atom. The van der Waals surface area contributed by atoms with Crippen molar-refractivity contribution in [1.29, 1.82) is 0 Å². The number of carbonyl (C=O) groups is 2. The van der Waals surface area contributed by atoms with Crippen LogP contribution >= 0.6 is 11.6 Å². The first kappa shape index (κ1) is 17.1. The maximum absolute atomic E-state index is 12.5. The highest BCUT2D eigenvalue weighted by Crippen LogP contribution is 2.25. The number of aromatic nitrogens is 1. The van der Waals surface area contributed by atoms with Crippen LogP contribution < -0.4 is 5.32 Å². The van der Waals surface area contributed by atoms with Gasteiger partial charge in [0.2, 0.25) is 5.91 Å². The molecule has 0 fully saturated rings. The van der Waals surface area contributed by atoms with E-state index in [0.717, 1.165) is 5.56 Å². The molecule has 7 heteroatoms. The van der Waals surface area contributed by atoms with Crippen molar-refractivity contribution in [2.24, 2.45) is 0 Å². The number of fused-ring (bicyclic) bond motifs is 1. The molecule has 25 heavy (non-hydrogen) atoms. The molecule has 0 saturated heterocycles. The molecule has 6 nitrogen and oxygen atoms in total. The quantitative estimate of drug-likeness (QED) is 0.715. The van der Waals surface area contributed by atoms with E-state index in [4.69, 9.17) is 20.8 Å². The molecule has 0 atom stereocenters. The third kappa shape index (κ3) is 3.39. The number of ether oxygens (including phenoxy) is 1. The minimum Gasteiger partial charge on any atom is -0.464 e. The number of rotatable bonds is 4. The summed E-state index contributed by atoms with van der Waals surface area (Å²) in [5.74, 6) is -0.158. The topological polar surface area (TPSA) is 73.5 Å². The Morgan fingerprint density at radius 3 is 2.68 bits per heavy atom. The zero-order chi connectivity index (χ0) is 18.1. The number of carbonyl (C=O) groups excluding carboxylic acids is 2. The van der Waals surface area contributed by atoms with Crippen molar-refractivity contribution in [3.8, 4) is 0 Å². The van der Waals surface area contributed by atoms with Crippen LogP contribution in [0.25, 0.3) is 11.1 Å². The lowest BCUT2D eigenvalue weighted by Gasteiger charge is -2.11. The Bertz CT molecular complexity index is 971. The van der Waals surface area contributed by atoms with Gasteiger partial charge in [0.15, 0.2) is 5.58 Å². The van der Waals surface area contributed by atoms with E-state index in [-0.39, 0.29) is 18.1 Å². The predicted molar refractivity (Wildman–Crippen MR) is 95.1 cm³/mol. The lowest BCUT2D eigenvalue weighted by atomic mass is 10.2. The fourth-order valence-corrected chi connectivity index (χ4v) is 2.95. The first-order valence-electron chi connectivity index (χ1n) is 7.63. The third-order valence-electron chi connectivity index (χ3n) is 3.81. The molecular formula is C18H17ClN2O4. The molecule has 0 unspecified atom stereocenters. The van der Waals surface area contributed by atoms with Crippen molar-refractivity contribution in [2.75, 3.05) is 12.4 Å². The van der Waals surface area contributed by atoms with Crippen molar-refractivity contribution in [2.45, 2.75) is 20.4 Å². The molecule has 0 radical (unpaired) electrons. The molecule has 0 aliphatic carbocycles.